The molecule has 1 aliphatic rings. The summed E-state index contributed by atoms with van der Waals surface area (Å²) in [5, 5.41) is 0. The Morgan fingerprint density at radius 3 is 2.56 bits per heavy atom. The standard InChI is InChI=1S/C15H24N2O/c1-17(15-7-10-18-11-8-15)12-14-5-3-2-4-13(14)6-9-16/h2-5,15H,6-12,16H2,1H3. The van der Waals surface area contributed by atoms with Crippen molar-refractivity contribution in [3.63, 3.8) is 0 Å². The van der Waals surface area contributed by atoms with Crippen LogP contribution in [0.4, 0.5) is 0 Å². The Balaban J connectivity index is 1.99. The van der Waals surface area contributed by atoms with Gasteiger partial charge in [-0.3, -0.25) is 4.90 Å². The zero-order valence-corrected chi connectivity index (χ0v) is 11.3. The van der Waals surface area contributed by atoms with Crippen molar-refractivity contribution < 1.29 is 4.74 Å². The molecule has 0 aromatic heterocycles. The van der Waals surface area contributed by atoms with Crippen molar-refractivity contribution in [1.82, 2.24) is 4.90 Å². The second-order valence-corrected chi connectivity index (χ2v) is 5.07. The SMILES string of the molecule is CN(Cc1ccccc1CCN)C1CCOCC1. The highest BCUT2D eigenvalue weighted by atomic mass is 16.5. The molecule has 1 aromatic rings. The summed E-state index contributed by atoms with van der Waals surface area (Å²) in [7, 11) is 2.22. The molecule has 2 rings (SSSR count). The van der Waals surface area contributed by atoms with Crippen LogP contribution in [-0.4, -0.2) is 37.7 Å². The third-order valence-electron chi connectivity index (χ3n) is 3.77. The first-order valence-corrected chi connectivity index (χ1v) is 6.86. The minimum atomic E-state index is 0.657. The van der Waals surface area contributed by atoms with E-state index in [9.17, 15) is 0 Å². The minimum absolute atomic E-state index is 0.657. The molecule has 1 aliphatic heterocycles. The Morgan fingerprint density at radius 1 is 1.22 bits per heavy atom. The monoisotopic (exact) mass is 248 g/mol. The van der Waals surface area contributed by atoms with E-state index >= 15 is 0 Å². The van der Waals surface area contributed by atoms with Crippen LogP contribution >= 0.6 is 0 Å². The van der Waals surface area contributed by atoms with Crippen LogP contribution in [0.15, 0.2) is 24.3 Å². The van der Waals surface area contributed by atoms with Gasteiger partial charge in [-0.25, -0.2) is 0 Å². The first-order chi connectivity index (χ1) is 8.81. The molecule has 0 amide bonds. The van der Waals surface area contributed by atoms with Crippen LogP contribution in [0.5, 0.6) is 0 Å². The van der Waals surface area contributed by atoms with Crippen LogP contribution < -0.4 is 5.73 Å². The van der Waals surface area contributed by atoms with Crippen LogP contribution in [0.1, 0.15) is 24.0 Å². The summed E-state index contributed by atoms with van der Waals surface area (Å²) in [5.41, 5.74) is 8.47. The second-order valence-electron chi connectivity index (χ2n) is 5.07. The van der Waals surface area contributed by atoms with Crippen LogP contribution in [0.2, 0.25) is 0 Å². The fourth-order valence-electron chi connectivity index (χ4n) is 2.63. The molecule has 0 atom stereocenters. The van der Waals surface area contributed by atoms with Crippen LogP contribution in [0.3, 0.4) is 0 Å². The van der Waals surface area contributed by atoms with E-state index < -0.39 is 0 Å². The molecule has 3 heteroatoms. The first-order valence-electron chi connectivity index (χ1n) is 6.86. The maximum absolute atomic E-state index is 5.67. The van der Waals surface area contributed by atoms with Crippen molar-refractivity contribution >= 4 is 0 Å². The molecule has 0 saturated carbocycles. The molecule has 2 N–H and O–H groups in total. The van der Waals surface area contributed by atoms with Gasteiger partial charge in [0.1, 0.15) is 0 Å². The van der Waals surface area contributed by atoms with Crippen molar-refractivity contribution in [2.45, 2.75) is 31.8 Å². The lowest BCUT2D eigenvalue weighted by Crippen LogP contribution is -2.36. The molecule has 1 saturated heterocycles. The topological polar surface area (TPSA) is 38.5 Å². The Morgan fingerprint density at radius 2 is 1.89 bits per heavy atom. The van der Waals surface area contributed by atoms with Crippen molar-refractivity contribution in [3.05, 3.63) is 35.4 Å². The second kappa shape index (κ2) is 6.88. The number of nitrogens with two attached hydrogens (primary N) is 1. The summed E-state index contributed by atoms with van der Waals surface area (Å²) in [5.74, 6) is 0. The first kappa shape index (κ1) is 13.5. The highest BCUT2D eigenvalue weighted by Gasteiger charge is 2.18. The van der Waals surface area contributed by atoms with E-state index in [1.165, 1.54) is 11.1 Å². The zero-order valence-electron chi connectivity index (χ0n) is 11.3. The van der Waals surface area contributed by atoms with Crippen molar-refractivity contribution in [3.8, 4) is 0 Å². The van der Waals surface area contributed by atoms with E-state index in [1.54, 1.807) is 0 Å². The van der Waals surface area contributed by atoms with E-state index in [-0.39, 0.29) is 0 Å². The minimum Gasteiger partial charge on any atom is -0.381 e. The molecule has 1 heterocycles. The molecular formula is C15H24N2O. The van der Waals surface area contributed by atoms with Gasteiger partial charge in [-0.1, -0.05) is 24.3 Å². The average Bonchev–Trinajstić information content (AvgIpc) is 2.42. The van der Waals surface area contributed by atoms with Crippen molar-refractivity contribution in [2.24, 2.45) is 5.73 Å². The molecule has 1 fully saturated rings. The predicted molar refractivity (Wildman–Crippen MR) is 74.5 cm³/mol. The summed E-state index contributed by atoms with van der Waals surface area (Å²) < 4.78 is 5.42. The molecule has 0 bridgehead atoms. The zero-order chi connectivity index (χ0) is 12.8. The number of rotatable bonds is 5. The highest BCUT2D eigenvalue weighted by Crippen LogP contribution is 2.17. The van der Waals surface area contributed by atoms with Crippen molar-refractivity contribution in [1.29, 1.82) is 0 Å². The van der Waals surface area contributed by atoms with Gasteiger partial charge in [0.2, 0.25) is 0 Å². The largest absolute Gasteiger partial charge is 0.381 e. The lowest BCUT2D eigenvalue weighted by atomic mass is 10.0. The third kappa shape index (κ3) is 3.55. The Bertz CT molecular complexity index is 361. The molecule has 0 radical (unpaired) electrons. The Labute approximate surface area is 110 Å². The summed E-state index contributed by atoms with van der Waals surface area (Å²) >= 11 is 0. The van der Waals surface area contributed by atoms with E-state index in [4.69, 9.17) is 10.5 Å². The van der Waals surface area contributed by atoms with Gasteiger partial charge in [0.25, 0.3) is 0 Å². The van der Waals surface area contributed by atoms with Gasteiger partial charge in [-0.05, 0) is 44.0 Å². The predicted octanol–water partition coefficient (Wildman–Crippen LogP) is 1.80. The number of benzene rings is 1. The fraction of sp³-hybridized carbons (Fsp3) is 0.600. The average molecular weight is 248 g/mol. The lowest BCUT2D eigenvalue weighted by molar-refractivity contribution is 0.0406. The van der Waals surface area contributed by atoms with Gasteiger partial charge in [0, 0.05) is 25.8 Å². The molecule has 100 valence electrons. The molecule has 0 aliphatic carbocycles. The maximum atomic E-state index is 5.67. The molecule has 0 spiro atoms. The van der Waals surface area contributed by atoms with Crippen molar-refractivity contribution in [2.75, 3.05) is 26.8 Å². The normalized spacial score (nSPS) is 17.3. The van der Waals surface area contributed by atoms with E-state index in [0.717, 1.165) is 45.6 Å². The molecule has 18 heavy (non-hydrogen) atoms. The summed E-state index contributed by atoms with van der Waals surface area (Å²) in [6.45, 7) is 3.54. The maximum Gasteiger partial charge on any atom is 0.0480 e. The molecule has 1 aromatic carbocycles. The number of nitrogens with zero attached hydrogens (tertiary/aromatic N) is 1. The van der Waals surface area contributed by atoms with Crippen LogP contribution in [0, 0.1) is 0 Å². The van der Waals surface area contributed by atoms with Gasteiger partial charge < -0.3 is 10.5 Å². The van der Waals surface area contributed by atoms with Crippen LogP contribution in [0.25, 0.3) is 0 Å². The van der Waals surface area contributed by atoms with Gasteiger partial charge >= 0.3 is 0 Å². The smallest absolute Gasteiger partial charge is 0.0480 e. The van der Waals surface area contributed by atoms with E-state index in [1.807, 2.05) is 0 Å². The number of hydrogen-bond donors (Lipinski definition) is 1. The summed E-state index contributed by atoms with van der Waals surface area (Å²) in [6, 6.07) is 9.29. The van der Waals surface area contributed by atoms with Gasteiger partial charge in [0.15, 0.2) is 0 Å². The molecule has 0 unspecified atom stereocenters. The van der Waals surface area contributed by atoms with E-state index in [2.05, 4.69) is 36.2 Å². The summed E-state index contributed by atoms with van der Waals surface area (Å²) in [4.78, 5) is 2.46. The van der Waals surface area contributed by atoms with Gasteiger partial charge in [-0.2, -0.15) is 0 Å². The Hall–Kier alpha value is -0.900. The van der Waals surface area contributed by atoms with E-state index in [0.29, 0.717) is 6.04 Å². The Kier molecular flexibility index (Phi) is 5.17. The fourth-order valence-corrected chi connectivity index (χ4v) is 2.63. The quantitative estimate of drug-likeness (QED) is 0.863. The van der Waals surface area contributed by atoms with Crippen LogP contribution in [-0.2, 0) is 17.7 Å². The van der Waals surface area contributed by atoms with Gasteiger partial charge in [0.05, 0.1) is 0 Å². The lowest BCUT2D eigenvalue weighted by Gasteiger charge is -2.31. The third-order valence-corrected chi connectivity index (χ3v) is 3.77. The number of ether oxygens (including phenoxy) is 1. The molecular weight excluding hydrogens is 224 g/mol. The summed E-state index contributed by atoms with van der Waals surface area (Å²) in [6.07, 6.45) is 3.27. The number of hydrogen-bond acceptors (Lipinski definition) is 3. The van der Waals surface area contributed by atoms with Gasteiger partial charge in [-0.15, -0.1) is 0 Å². The highest BCUT2D eigenvalue weighted by molar-refractivity contribution is 5.27. The molecule has 3 nitrogen and oxygen atoms in total.